The minimum atomic E-state index is -5.57. The summed E-state index contributed by atoms with van der Waals surface area (Å²) in [4.78, 5) is 87.8. The van der Waals surface area contributed by atoms with Crippen LogP contribution in [0.4, 0.5) is 5.82 Å². The molecule has 24 nitrogen and oxygen atoms in total. The number of nitrogen functional groups attached to an aromatic ring is 1. The molecule has 0 saturated carbocycles. The van der Waals surface area contributed by atoms with Crippen LogP contribution in [0.25, 0.3) is 11.2 Å². The van der Waals surface area contributed by atoms with Gasteiger partial charge < -0.3 is 50.9 Å². The van der Waals surface area contributed by atoms with Crippen LogP contribution in [0, 0.1) is 11.3 Å². The number of phosphoric acid groups is 3. The van der Waals surface area contributed by atoms with Crippen LogP contribution >= 0.6 is 35.2 Å². The van der Waals surface area contributed by atoms with Gasteiger partial charge in [0, 0.05) is 30.7 Å². The van der Waals surface area contributed by atoms with Crippen LogP contribution in [-0.4, -0.2) is 123 Å². The van der Waals surface area contributed by atoms with Gasteiger partial charge in [-0.15, -0.1) is 0 Å². The number of hydrogen-bond donors (Lipinski definition) is 9. The van der Waals surface area contributed by atoms with Gasteiger partial charge in [0.2, 0.25) is 11.8 Å². The molecule has 3 unspecified atom stereocenters. The summed E-state index contributed by atoms with van der Waals surface area (Å²) in [7, 11) is -16.4. The average Bonchev–Trinajstić information content (AvgIpc) is 3.68. The SMILES string of the molecule is CC(C)(COP(=O)(O)OP(=O)(O)OC[C@H]1O[C@@H](n2cnc3c(N)ncnc32)[C@H](O)[C@@H]1OP(=O)(O)O)C(O)C(=O)NCCC(=O)NCCSC(=O)C1C=CCC=C1. The zero-order valence-electron chi connectivity index (χ0n) is 29.7. The van der Waals surface area contributed by atoms with E-state index in [-0.39, 0.29) is 47.5 Å². The molecule has 312 valence electrons. The van der Waals surface area contributed by atoms with E-state index in [1.165, 1.54) is 13.8 Å². The van der Waals surface area contributed by atoms with Crippen molar-refractivity contribution in [3.05, 3.63) is 37.0 Å². The fourth-order valence-electron chi connectivity index (χ4n) is 5.13. The normalized spacial score (nSPS) is 23.1. The summed E-state index contributed by atoms with van der Waals surface area (Å²) in [5.41, 5.74) is 4.26. The molecule has 0 bridgehead atoms. The van der Waals surface area contributed by atoms with Gasteiger partial charge in [-0.3, -0.25) is 32.5 Å². The molecular formula is C28H42N7O17P3S. The van der Waals surface area contributed by atoms with Crippen molar-refractivity contribution in [2.45, 2.75) is 57.3 Å². The number of phosphoric ester groups is 3. The Balaban J connectivity index is 1.23. The summed E-state index contributed by atoms with van der Waals surface area (Å²) < 4.78 is 62.1. The van der Waals surface area contributed by atoms with Crippen molar-refractivity contribution in [2.24, 2.45) is 11.3 Å². The van der Waals surface area contributed by atoms with E-state index in [4.69, 9.17) is 19.5 Å². The van der Waals surface area contributed by atoms with E-state index < -0.39 is 84.6 Å². The summed E-state index contributed by atoms with van der Waals surface area (Å²) in [5.74, 6) is -1.42. The van der Waals surface area contributed by atoms with E-state index in [1.54, 1.807) is 0 Å². The number of aromatic nitrogens is 4. The zero-order valence-corrected chi connectivity index (χ0v) is 33.2. The highest BCUT2D eigenvalue weighted by Gasteiger charge is 2.50. The molecular weight excluding hydrogens is 831 g/mol. The summed E-state index contributed by atoms with van der Waals surface area (Å²) in [6.45, 7) is 0.489. The lowest BCUT2D eigenvalue weighted by Crippen LogP contribution is -2.46. The highest BCUT2D eigenvalue weighted by Crippen LogP contribution is 2.61. The minimum Gasteiger partial charge on any atom is -0.386 e. The third-order valence-corrected chi connectivity index (χ3v) is 12.0. The first-order chi connectivity index (χ1) is 26.1. The molecule has 56 heavy (non-hydrogen) atoms. The molecule has 0 spiro atoms. The Kier molecular flexibility index (Phi) is 15.7. The molecule has 10 N–H and O–H groups in total. The quantitative estimate of drug-likeness (QED) is 0.0472. The standard InChI is InChI=1S/C28H42N7O17P3S/c1-28(2,22(38)25(39)31-9-8-18(36)30-10-11-56-27(40)16-6-4-3-5-7-16)13-49-55(46,47)52-54(44,45)48-12-17-21(51-53(41,42)43)20(37)26(50-17)35-15-34-19-23(29)32-14-33-24(19)35/h4-7,14-17,20-22,26,37-38H,3,8-13H2,1-2H3,(H,30,36)(H,31,39)(H,44,45)(H,46,47)(H2,29,32,33)(H2,41,42,43)/t17-,20-,21-,22?,26-/m1/s1. The van der Waals surface area contributed by atoms with Gasteiger partial charge in [-0.1, -0.05) is 49.9 Å². The number of thioether (sulfide) groups is 1. The highest BCUT2D eigenvalue weighted by atomic mass is 32.2. The number of aliphatic hydroxyl groups excluding tert-OH is 2. The molecule has 3 heterocycles. The van der Waals surface area contributed by atoms with E-state index in [0.717, 1.165) is 35.4 Å². The second-order valence-electron chi connectivity index (χ2n) is 12.9. The second-order valence-corrected chi connectivity index (χ2v) is 18.2. The molecule has 4 rings (SSSR count). The largest absolute Gasteiger partial charge is 0.481 e. The maximum Gasteiger partial charge on any atom is 0.481 e. The lowest BCUT2D eigenvalue weighted by molar-refractivity contribution is -0.137. The number of imidazole rings is 1. The highest BCUT2D eigenvalue weighted by molar-refractivity contribution is 8.13. The predicted molar refractivity (Wildman–Crippen MR) is 193 cm³/mol. The van der Waals surface area contributed by atoms with Gasteiger partial charge in [0.15, 0.2) is 22.8 Å². The van der Waals surface area contributed by atoms with Crippen molar-refractivity contribution in [1.29, 1.82) is 0 Å². The maximum atomic E-state index is 12.7. The number of nitrogens with one attached hydrogen (secondary N) is 2. The molecule has 0 radical (unpaired) electrons. The first kappa shape index (κ1) is 45.7. The van der Waals surface area contributed by atoms with Crippen molar-refractivity contribution in [2.75, 3.05) is 37.8 Å². The van der Waals surface area contributed by atoms with E-state index in [1.807, 2.05) is 24.3 Å². The number of amides is 2. The molecule has 28 heteroatoms. The maximum absolute atomic E-state index is 12.7. The Labute approximate surface area is 322 Å². The Bertz CT molecular complexity index is 1930. The molecule has 2 amide bonds. The topological polar surface area (TPSA) is 364 Å². The van der Waals surface area contributed by atoms with Gasteiger partial charge in [-0.25, -0.2) is 28.6 Å². The molecule has 1 fully saturated rings. The number of carbonyl (C=O) groups is 3. The van der Waals surface area contributed by atoms with Crippen molar-refractivity contribution < 1.29 is 80.5 Å². The molecule has 2 aromatic rings. The lowest BCUT2D eigenvalue weighted by atomic mass is 9.87. The van der Waals surface area contributed by atoms with Crippen molar-refractivity contribution >= 4 is 69.1 Å². The number of nitrogens with zero attached hydrogens (tertiary/aromatic N) is 4. The van der Waals surface area contributed by atoms with E-state index in [9.17, 15) is 57.9 Å². The number of carbonyl (C=O) groups excluding carboxylic acids is 3. The minimum absolute atomic E-state index is 0.0304. The third-order valence-electron chi connectivity index (χ3n) is 7.98. The Morgan fingerprint density at radius 3 is 2.41 bits per heavy atom. The number of fused-ring (bicyclic) bond motifs is 1. The van der Waals surface area contributed by atoms with Crippen LogP contribution in [0.1, 0.15) is 32.9 Å². The molecule has 0 aromatic carbocycles. The smallest absolute Gasteiger partial charge is 0.386 e. The average molecular weight is 874 g/mol. The molecule has 1 saturated heterocycles. The van der Waals surface area contributed by atoms with Gasteiger partial charge in [0.1, 0.15) is 36.3 Å². The lowest BCUT2D eigenvalue weighted by Gasteiger charge is -2.30. The number of rotatable bonds is 20. The van der Waals surface area contributed by atoms with Crippen LogP contribution < -0.4 is 16.4 Å². The molecule has 2 aromatic heterocycles. The van der Waals surface area contributed by atoms with Crippen LogP contribution in [0.2, 0.25) is 0 Å². The Hall–Kier alpha value is -2.96. The molecule has 2 aliphatic rings. The Morgan fingerprint density at radius 2 is 1.73 bits per heavy atom. The van der Waals surface area contributed by atoms with Crippen molar-refractivity contribution in [3.8, 4) is 0 Å². The van der Waals surface area contributed by atoms with Crippen molar-refractivity contribution in [1.82, 2.24) is 30.2 Å². The number of allylic oxidation sites excluding steroid dienone is 4. The number of nitrogens with two attached hydrogens (primary N) is 1. The molecule has 1 aliphatic carbocycles. The predicted octanol–water partition coefficient (Wildman–Crippen LogP) is -0.203. The van der Waals surface area contributed by atoms with Gasteiger partial charge >= 0.3 is 23.5 Å². The number of ether oxygens (including phenoxy) is 1. The summed E-state index contributed by atoms with van der Waals surface area (Å²) in [6, 6.07) is 0. The van der Waals surface area contributed by atoms with Crippen LogP contribution in [0.15, 0.2) is 37.0 Å². The van der Waals surface area contributed by atoms with Crippen LogP contribution in [0.5, 0.6) is 0 Å². The first-order valence-corrected chi connectivity index (χ1v) is 22.0. The number of aliphatic hydroxyl groups is 2. The molecule has 1 aliphatic heterocycles. The van der Waals surface area contributed by atoms with E-state index in [2.05, 4.69) is 34.4 Å². The zero-order chi connectivity index (χ0) is 41.5. The fraction of sp³-hybridized carbons (Fsp3) is 0.571. The first-order valence-electron chi connectivity index (χ1n) is 16.5. The van der Waals surface area contributed by atoms with Crippen LogP contribution in [-0.2, 0) is 50.7 Å². The summed E-state index contributed by atoms with van der Waals surface area (Å²) in [5, 5.41) is 26.3. The number of hydrogen-bond acceptors (Lipinski definition) is 18. The van der Waals surface area contributed by atoms with Crippen LogP contribution in [0.3, 0.4) is 0 Å². The third kappa shape index (κ3) is 13.0. The van der Waals surface area contributed by atoms with E-state index >= 15 is 0 Å². The van der Waals surface area contributed by atoms with Gasteiger partial charge in [0.25, 0.3) is 0 Å². The van der Waals surface area contributed by atoms with Gasteiger partial charge in [-0.05, 0) is 6.42 Å². The van der Waals surface area contributed by atoms with E-state index in [0.29, 0.717) is 5.75 Å². The number of anilines is 1. The van der Waals surface area contributed by atoms with Gasteiger partial charge in [0.05, 0.1) is 25.5 Å². The summed E-state index contributed by atoms with van der Waals surface area (Å²) in [6.07, 6.45) is 1.26. The molecule has 7 atom stereocenters. The fourth-order valence-corrected chi connectivity index (χ4v) is 8.71. The summed E-state index contributed by atoms with van der Waals surface area (Å²) >= 11 is 1.07. The van der Waals surface area contributed by atoms with Gasteiger partial charge in [-0.2, -0.15) is 4.31 Å². The second kappa shape index (κ2) is 19.2. The van der Waals surface area contributed by atoms with Crippen molar-refractivity contribution in [3.63, 3.8) is 0 Å². The Morgan fingerprint density at radius 1 is 1.05 bits per heavy atom. The monoisotopic (exact) mass is 873 g/mol.